The van der Waals surface area contributed by atoms with Crippen molar-refractivity contribution in [3.8, 4) is 5.75 Å². The highest BCUT2D eigenvalue weighted by Crippen LogP contribution is 2.62. The van der Waals surface area contributed by atoms with Gasteiger partial charge in [-0.15, -0.1) is 0 Å². The topological polar surface area (TPSA) is 26.3 Å². The van der Waals surface area contributed by atoms with Crippen molar-refractivity contribution in [2.45, 2.75) is 51.4 Å². The molecule has 0 N–H and O–H groups in total. The summed E-state index contributed by atoms with van der Waals surface area (Å²) in [5.74, 6) is 3.23. The van der Waals surface area contributed by atoms with Gasteiger partial charge >= 0.3 is 0 Å². The summed E-state index contributed by atoms with van der Waals surface area (Å²) in [6, 6.07) is 6.68. The maximum atomic E-state index is 11.0. The third-order valence-electron chi connectivity index (χ3n) is 7.05. The van der Waals surface area contributed by atoms with E-state index in [-0.39, 0.29) is 5.41 Å². The molecule has 1 aromatic rings. The lowest BCUT2D eigenvalue weighted by Gasteiger charge is -2.49. The molecular weight excluding hydrogens is 284 g/mol. The van der Waals surface area contributed by atoms with Gasteiger partial charge in [-0.05, 0) is 91.0 Å². The quantitative estimate of drug-likeness (QED) is 0.586. The van der Waals surface area contributed by atoms with Crippen molar-refractivity contribution in [1.29, 1.82) is 0 Å². The maximum Gasteiger partial charge on any atom is 0.142 e. The summed E-state index contributed by atoms with van der Waals surface area (Å²) in [6.45, 7) is 2.42. The van der Waals surface area contributed by atoms with Crippen LogP contribution in [0.4, 0.5) is 0 Å². The Morgan fingerprint density at radius 1 is 1.22 bits per heavy atom. The van der Waals surface area contributed by atoms with Crippen molar-refractivity contribution >= 4 is 6.29 Å². The Balaban J connectivity index is 1.68. The lowest BCUT2D eigenvalue weighted by Crippen LogP contribution is -2.40. The minimum Gasteiger partial charge on any atom is -0.497 e. The molecule has 0 amide bonds. The van der Waals surface area contributed by atoms with Gasteiger partial charge in [0.25, 0.3) is 0 Å². The van der Waals surface area contributed by atoms with Crippen LogP contribution in [0.1, 0.15) is 56.1 Å². The normalized spacial score (nSPS) is 37.0. The molecule has 0 aromatic heterocycles. The fourth-order valence-corrected chi connectivity index (χ4v) is 5.89. The lowest BCUT2D eigenvalue weighted by molar-refractivity contribution is -0.104. The van der Waals surface area contributed by atoms with E-state index in [1.807, 2.05) is 6.08 Å². The van der Waals surface area contributed by atoms with E-state index < -0.39 is 0 Å². The van der Waals surface area contributed by atoms with Gasteiger partial charge in [0.1, 0.15) is 12.0 Å². The minimum atomic E-state index is 0.270. The fraction of sp³-hybridized carbons (Fsp3) is 0.571. The summed E-state index contributed by atoms with van der Waals surface area (Å²) in [7, 11) is 1.75. The molecule has 4 rings (SSSR count). The van der Waals surface area contributed by atoms with E-state index in [1.165, 1.54) is 43.2 Å². The average molecular weight is 310 g/mol. The number of methoxy groups -OCH3 is 1. The first-order valence-electron chi connectivity index (χ1n) is 8.99. The number of rotatable bonds is 2. The smallest absolute Gasteiger partial charge is 0.142 e. The van der Waals surface area contributed by atoms with Crippen molar-refractivity contribution in [3.63, 3.8) is 0 Å². The SMILES string of the molecule is COc1ccc2c(c1)CC[C@@H]1[C@@H]2CC[C@]2(C)C(=CC=O)CC[C@@H]12. The van der Waals surface area contributed by atoms with E-state index in [9.17, 15) is 4.79 Å². The molecule has 0 spiro atoms. The van der Waals surface area contributed by atoms with Crippen LogP contribution in [0, 0.1) is 17.3 Å². The summed E-state index contributed by atoms with van der Waals surface area (Å²) in [5, 5.41) is 0. The molecule has 2 heteroatoms. The molecule has 122 valence electrons. The largest absolute Gasteiger partial charge is 0.497 e. The van der Waals surface area contributed by atoms with Gasteiger partial charge in [0.15, 0.2) is 0 Å². The van der Waals surface area contributed by atoms with Crippen LogP contribution in [-0.2, 0) is 11.2 Å². The Labute approximate surface area is 138 Å². The lowest BCUT2D eigenvalue weighted by atomic mass is 9.55. The number of carbonyl (C=O) groups excluding carboxylic acids is 1. The second kappa shape index (κ2) is 5.51. The van der Waals surface area contributed by atoms with E-state index in [2.05, 4.69) is 25.1 Å². The van der Waals surface area contributed by atoms with Crippen LogP contribution in [-0.4, -0.2) is 13.4 Å². The van der Waals surface area contributed by atoms with E-state index in [0.29, 0.717) is 5.92 Å². The van der Waals surface area contributed by atoms with Crippen LogP contribution in [0.25, 0.3) is 0 Å². The van der Waals surface area contributed by atoms with Gasteiger partial charge in [-0.25, -0.2) is 0 Å². The van der Waals surface area contributed by atoms with Crippen molar-refractivity contribution < 1.29 is 9.53 Å². The molecule has 2 fully saturated rings. The molecule has 2 saturated carbocycles. The van der Waals surface area contributed by atoms with Gasteiger partial charge in [0, 0.05) is 0 Å². The van der Waals surface area contributed by atoms with Gasteiger partial charge in [0.2, 0.25) is 0 Å². The van der Waals surface area contributed by atoms with Gasteiger partial charge < -0.3 is 4.74 Å². The molecular formula is C21H26O2. The molecule has 0 radical (unpaired) electrons. The number of ether oxygens (including phenoxy) is 1. The number of hydrogen-bond donors (Lipinski definition) is 0. The van der Waals surface area contributed by atoms with Gasteiger partial charge in [0.05, 0.1) is 7.11 Å². The Morgan fingerprint density at radius 2 is 2.09 bits per heavy atom. The number of fused-ring (bicyclic) bond motifs is 5. The van der Waals surface area contributed by atoms with Crippen LogP contribution < -0.4 is 4.74 Å². The minimum absolute atomic E-state index is 0.270. The Morgan fingerprint density at radius 3 is 2.87 bits per heavy atom. The standard InChI is InChI=1S/C21H26O2/c1-21-11-9-18-17-7-5-16(23-2)13-14(17)3-6-19(18)20(21)8-4-15(21)10-12-22/h5,7,10,12-13,18-20H,3-4,6,8-9,11H2,1-2H3/t18-,19-,20+,21-/m1/s1. The third kappa shape index (κ3) is 2.18. The van der Waals surface area contributed by atoms with Crippen molar-refractivity contribution in [3.05, 3.63) is 41.0 Å². The third-order valence-corrected chi connectivity index (χ3v) is 7.05. The molecule has 0 unspecified atom stereocenters. The van der Waals surface area contributed by atoms with E-state index in [1.54, 1.807) is 12.7 Å². The van der Waals surface area contributed by atoms with Crippen LogP contribution in [0.2, 0.25) is 0 Å². The summed E-state index contributed by atoms with van der Waals surface area (Å²) < 4.78 is 5.40. The average Bonchev–Trinajstić information content (AvgIpc) is 2.91. The van der Waals surface area contributed by atoms with Crippen LogP contribution >= 0.6 is 0 Å². The molecule has 0 bridgehead atoms. The molecule has 1 aromatic carbocycles. The van der Waals surface area contributed by atoms with E-state index in [4.69, 9.17) is 4.74 Å². The number of aryl methyl sites for hydroxylation is 1. The first-order valence-corrected chi connectivity index (χ1v) is 8.99. The first kappa shape index (κ1) is 15.0. The highest BCUT2D eigenvalue weighted by molar-refractivity contribution is 5.67. The predicted molar refractivity (Wildman–Crippen MR) is 91.8 cm³/mol. The van der Waals surface area contributed by atoms with E-state index >= 15 is 0 Å². The number of hydrogen-bond acceptors (Lipinski definition) is 2. The predicted octanol–water partition coefficient (Wildman–Crippen LogP) is 4.68. The zero-order valence-electron chi connectivity index (χ0n) is 14.2. The molecule has 3 aliphatic carbocycles. The highest BCUT2D eigenvalue weighted by atomic mass is 16.5. The number of carbonyl (C=O) groups is 1. The monoisotopic (exact) mass is 310 g/mol. The van der Waals surface area contributed by atoms with Crippen LogP contribution in [0.15, 0.2) is 29.8 Å². The van der Waals surface area contributed by atoms with Crippen LogP contribution in [0.5, 0.6) is 5.75 Å². The number of benzene rings is 1. The zero-order valence-corrected chi connectivity index (χ0v) is 14.2. The molecule has 4 atom stereocenters. The molecule has 23 heavy (non-hydrogen) atoms. The number of aldehydes is 1. The first-order chi connectivity index (χ1) is 11.2. The summed E-state index contributed by atoms with van der Waals surface area (Å²) in [5.41, 5.74) is 4.75. The van der Waals surface area contributed by atoms with Gasteiger partial charge in [-0.2, -0.15) is 0 Å². The van der Waals surface area contributed by atoms with Crippen molar-refractivity contribution in [1.82, 2.24) is 0 Å². The van der Waals surface area contributed by atoms with Crippen LogP contribution in [0.3, 0.4) is 0 Å². The Kier molecular flexibility index (Phi) is 3.59. The molecule has 0 saturated heterocycles. The Hall–Kier alpha value is -1.57. The summed E-state index contributed by atoms with van der Waals surface area (Å²) in [4.78, 5) is 11.0. The fourth-order valence-electron chi connectivity index (χ4n) is 5.89. The van der Waals surface area contributed by atoms with Gasteiger partial charge in [-0.1, -0.05) is 18.6 Å². The second-order valence-electron chi connectivity index (χ2n) is 7.80. The van der Waals surface area contributed by atoms with Crippen molar-refractivity contribution in [2.24, 2.45) is 17.3 Å². The maximum absolute atomic E-state index is 11.0. The summed E-state index contributed by atoms with van der Waals surface area (Å²) >= 11 is 0. The van der Waals surface area contributed by atoms with Crippen molar-refractivity contribution in [2.75, 3.05) is 7.11 Å². The molecule has 0 aliphatic heterocycles. The zero-order chi connectivity index (χ0) is 16.0. The second-order valence-corrected chi connectivity index (χ2v) is 7.80. The van der Waals surface area contributed by atoms with Gasteiger partial charge in [-0.3, -0.25) is 4.79 Å². The molecule has 2 nitrogen and oxygen atoms in total. The molecule has 3 aliphatic rings. The van der Waals surface area contributed by atoms with E-state index in [0.717, 1.165) is 30.3 Å². The highest BCUT2D eigenvalue weighted by Gasteiger charge is 2.52. The number of allylic oxidation sites excluding steroid dienone is 2. The molecule has 0 heterocycles. The Bertz CT molecular complexity index is 660. The summed E-state index contributed by atoms with van der Waals surface area (Å²) in [6.07, 6.45) is 10.2.